The number of nitrogens with zero attached hydrogens (tertiary/aromatic N) is 2. The van der Waals surface area contributed by atoms with E-state index in [9.17, 15) is 19.2 Å². The van der Waals surface area contributed by atoms with Crippen molar-refractivity contribution in [1.82, 2.24) is 15.1 Å². The van der Waals surface area contributed by atoms with Crippen molar-refractivity contribution in [2.75, 3.05) is 32.5 Å². The molecule has 0 aromatic heterocycles. The Bertz CT molecular complexity index is 810. The van der Waals surface area contributed by atoms with E-state index >= 15 is 0 Å². The molecule has 1 aliphatic carbocycles. The number of thioether (sulfide) groups is 1. The lowest BCUT2D eigenvalue weighted by atomic mass is 9.94. The smallest absolute Gasteiger partial charge is 0.339 e. The highest BCUT2D eigenvalue weighted by Gasteiger charge is 2.27. The number of urea groups is 1. The molecule has 4 amide bonds. The molecule has 1 saturated carbocycles. The molecule has 0 unspecified atom stereocenters. The van der Waals surface area contributed by atoms with Crippen LogP contribution in [-0.4, -0.2) is 72.2 Å². The number of rotatable bonds is 7. The number of nitrogens with one attached hydrogen (secondary N) is 1. The van der Waals surface area contributed by atoms with Crippen molar-refractivity contribution in [2.24, 2.45) is 0 Å². The van der Waals surface area contributed by atoms with Crippen LogP contribution >= 0.6 is 11.8 Å². The molecule has 1 saturated heterocycles. The molecule has 2 fully saturated rings. The quantitative estimate of drug-likeness (QED) is 0.524. The maximum atomic E-state index is 12.6. The molecule has 1 aromatic carbocycles. The van der Waals surface area contributed by atoms with E-state index < -0.39 is 24.5 Å². The molecule has 162 valence electrons. The Morgan fingerprint density at radius 1 is 1.20 bits per heavy atom. The Labute approximate surface area is 180 Å². The summed E-state index contributed by atoms with van der Waals surface area (Å²) in [6, 6.07) is 6.66. The van der Waals surface area contributed by atoms with Crippen LogP contribution in [0.25, 0.3) is 0 Å². The van der Waals surface area contributed by atoms with Gasteiger partial charge in [-0.25, -0.2) is 9.59 Å². The fraction of sp³-hybridized carbons (Fsp3) is 0.524. The molecule has 0 radical (unpaired) electrons. The van der Waals surface area contributed by atoms with Crippen molar-refractivity contribution >= 4 is 35.6 Å². The third-order valence-electron chi connectivity index (χ3n) is 5.46. The largest absolute Gasteiger partial charge is 0.452 e. The van der Waals surface area contributed by atoms with Crippen LogP contribution in [0.15, 0.2) is 29.2 Å². The van der Waals surface area contributed by atoms with E-state index in [-0.39, 0.29) is 18.2 Å². The molecule has 1 aliphatic heterocycles. The predicted octanol–water partition coefficient (Wildman–Crippen LogP) is 2.28. The molecule has 9 heteroatoms. The molecule has 1 N–H and O–H groups in total. The number of hydrogen-bond donors (Lipinski definition) is 1. The SMILES string of the molecule is CN(C(=O)CSc1ccccc1C(=O)OCC(=O)N1CCNC1=O)C1CCCCC1. The Kier molecular flexibility index (Phi) is 7.73. The van der Waals surface area contributed by atoms with Gasteiger partial charge >= 0.3 is 12.0 Å². The zero-order valence-corrected chi connectivity index (χ0v) is 17.9. The summed E-state index contributed by atoms with van der Waals surface area (Å²) in [4.78, 5) is 52.1. The first kappa shape index (κ1) is 22.1. The van der Waals surface area contributed by atoms with Crippen LogP contribution in [0.5, 0.6) is 0 Å². The molecule has 30 heavy (non-hydrogen) atoms. The fourth-order valence-corrected chi connectivity index (χ4v) is 4.63. The number of carbonyl (C=O) groups excluding carboxylic acids is 4. The molecular formula is C21H27N3O5S. The highest BCUT2D eigenvalue weighted by Crippen LogP contribution is 2.26. The van der Waals surface area contributed by atoms with Gasteiger partial charge < -0.3 is 15.0 Å². The molecule has 3 rings (SSSR count). The van der Waals surface area contributed by atoms with Gasteiger partial charge in [-0.15, -0.1) is 11.8 Å². The Morgan fingerprint density at radius 2 is 1.93 bits per heavy atom. The highest BCUT2D eigenvalue weighted by molar-refractivity contribution is 8.00. The van der Waals surface area contributed by atoms with Crippen molar-refractivity contribution in [3.63, 3.8) is 0 Å². The van der Waals surface area contributed by atoms with Gasteiger partial charge in [0.1, 0.15) is 0 Å². The van der Waals surface area contributed by atoms with E-state index in [1.807, 2.05) is 11.9 Å². The third-order valence-corrected chi connectivity index (χ3v) is 6.52. The summed E-state index contributed by atoms with van der Waals surface area (Å²) < 4.78 is 5.12. The van der Waals surface area contributed by atoms with Gasteiger partial charge in [-0.2, -0.15) is 0 Å². The molecule has 0 bridgehead atoms. The van der Waals surface area contributed by atoms with E-state index in [0.717, 1.165) is 30.6 Å². The second-order valence-electron chi connectivity index (χ2n) is 7.43. The van der Waals surface area contributed by atoms with Crippen LogP contribution in [-0.2, 0) is 14.3 Å². The van der Waals surface area contributed by atoms with E-state index in [4.69, 9.17) is 4.74 Å². The molecule has 0 spiro atoms. The van der Waals surface area contributed by atoms with Crippen LogP contribution in [0.2, 0.25) is 0 Å². The van der Waals surface area contributed by atoms with Crippen LogP contribution in [0.1, 0.15) is 42.5 Å². The lowest BCUT2D eigenvalue weighted by Gasteiger charge is -2.31. The zero-order valence-electron chi connectivity index (χ0n) is 17.1. The first-order valence-corrected chi connectivity index (χ1v) is 11.2. The summed E-state index contributed by atoms with van der Waals surface area (Å²) >= 11 is 1.28. The normalized spacial score (nSPS) is 16.8. The van der Waals surface area contributed by atoms with Gasteiger partial charge in [-0.1, -0.05) is 31.4 Å². The van der Waals surface area contributed by atoms with E-state index in [2.05, 4.69) is 5.32 Å². The maximum absolute atomic E-state index is 12.6. The van der Waals surface area contributed by atoms with Gasteiger partial charge in [-0.05, 0) is 25.0 Å². The van der Waals surface area contributed by atoms with E-state index in [1.54, 1.807) is 24.3 Å². The molecule has 2 aliphatic rings. The zero-order chi connectivity index (χ0) is 21.5. The van der Waals surface area contributed by atoms with Gasteiger partial charge in [0.15, 0.2) is 6.61 Å². The Hall–Kier alpha value is -2.55. The van der Waals surface area contributed by atoms with E-state index in [0.29, 0.717) is 23.0 Å². The average Bonchev–Trinajstić information content (AvgIpc) is 3.21. The van der Waals surface area contributed by atoms with Gasteiger partial charge in [0.25, 0.3) is 5.91 Å². The minimum absolute atomic E-state index is 0.0327. The topological polar surface area (TPSA) is 96.0 Å². The summed E-state index contributed by atoms with van der Waals surface area (Å²) in [5.41, 5.74) is 0.300. The van der Waals surface area contributed by atoms with Crippen LogP contribution < -0.4 is 5.32 Å². The van der Waals surface area contributed by atoms with Crippen molar-refractivity contribution in [1.29, 1.82) is 0 Å². The highest BCUT2D eigenvalue weighted by atomic mass is 32.2. The predicted molar refractivity (Wildman–Crippen MR) is 112 cm³/mol. The first-order chi connectivity index (χ1) is 14.5. The second kappa shape index (κ2) is 10.5. The van der Waals surface area contributed by atoms with Crippen LogP contribution in [0, 0.1) is 0 Å². The minimum atomic E-state index is -0.654. The maximum Gasteiger partial charge on any atom is 0.339 e. The minimum Gasteiger partial charge on any atom is -0.452 e. The van der Waals surface area contributed by atoms with Gasteiger partial charge in [0.2, 0.25) is 5.91 Å². The lowest BCUT2D eigenvalue weighted by Crippen LogP contribution is -2.39. The monoisotopic (exact) mass is 433 g/mol. The lowest BCUT2D eigenvalue weighted by molar-refractivity contribution is -0.131. The summed E-state index contributed by atoms with van der Waals surface area (Å²) in [6.07, 6.45) is 5.62. The summed E-state index contributed by atoms with van der Waals surface area (Å²) in [6.45, 7) is 0.147. The number of ether oxygens (including phenoxy) is 1. The Morgan fingerprint density at radius 3 is 2.63 bits per heavy atom. The summed E-state index contributed by atoms with van der Waals surface area (Å²) in [7, 11) is 1.85. The number of imide groups is 1. The first-order valence-electron chi connectivity index (χ1n) is 10.2. The van der Waals surface area contributed by atoms with Crippen molar-refractivity contribution in [3.05, 3.63) is 29.8 Å². The summed E-state index contributed by atoms with van der Waals surface area (Å²) in [5.74, 6) is -0.957. The second-order valence-corrected chi connectivity index (χ2v) is 8.45. The number of amides is 4. The number of benzene rings is 1. The van der Waals surface area contributed by atoms with E-state index in [1.165, 1.54) is 18.2 Å². The van der Waals surface area contributed by atoms with Gasteiger partial charge in [0, 0.05) is 31.1 Å². The van der Waals surface area contributed by atoms with Gasteiger partial charge in [-0.3, -0.25) is 14.5 Å². The third kappa shape index (κ3) is 5.53. The number of esters is 1. The van der Waals surface area contributed by atoms with Crippen LogP contribution in [0.3, 0.4) is 0 Å². The summed E-state index contributed by atoms with van der Waals surface area (Å²) in [5, 5.41) is 2.53. The fourth-order valence-electron chi connectivity index (χ4n) is 3.67. The molecule has 1 aromatic rings. The molecular weight excluding hydrogens is 406 g/mol. The van der Waals surface area contributed by atoms with Crippen LogP contribution in [0.4, 0.5) is 4.79 Å². The number of carbonyl (C=O) groups is 4. The van der Waals surface area contributed by atoms with Crippen molar-refractivity contribution < 1.29 is 23.9 Å². The van der Waals surface area contributed by atoms with Gasteiger partial charge in [0.05, 0.1) is 11.3 Å². The molecule has 0 atom stereocenters. The number of hydrogen-bond acceptors (Lipinski definition) is 6. The van der Waals surface area contributed by atoms with Crippen molar-refractivity contribution in [2.45, 2.75) is 43.0 Å². The Balaban J connectivity index is 1.54. The molecule has 8 nitrogen and oxygen atoms in total. The average molecular weight is 434 g/mol. The molecule has 1 heterocycles. The standard InChI is InChI=1S/C21H27N3O5S/c1-23(15-7-3-2-4-8-15)19(26)14-30-17-10-6-5-9-16(17)20(27)29-13-18(25)24-12-11-22-21(24)28/h5-6,9-10,15H,2-4,7-8,11-14H2,1H3,(H,22,28). The van der Waals surface area contributed by atoms with Crippen molar-refractivity contribution in [3.8, 4) is 0 Å².